The zero-order valence-corrected chi connectivity index (χ0v) is 19.5. The second-order valence-corrected chi connectivity index (χ2v) is 9.16. The minimum Gasteiger partial charge on any atom is -0.326 e. The molecule has 7 heteroatoms. The van der Waals surface area contributed by atoms with Crippen molar-refractivity contribution in [1.82, 2.24) is 0 Å². The first-order chi connectivity index (χ1) is 16.0. The van der Waals surface area contributed by atoms with Crippen LogP contribution in [-0.2, 0) is 14.4 Å². The van der Waals surface area contributed by atoms with Crippen LogP contribution in [0.25, 0.3) is 0 Å². The van der Waals surface area contributed by atoms with E-state index in [2.05, 4.69) is 10.6 Å². The quantitative estimate of drug-likeness (QED) is 0.507. The van der Waals surface area contributed by atoms with E-state index in [0.717, 1.165) is 16.1 Å². The summed E-state index contributed by atoms with van der Waals surface area (Å²) in [5.74, 6) is -0.616. The van der Waals surface area contributed by atoms with E-state index in [9.17, 15) is 14.4 Å². The Morgan fingerprint density at radius 2 is 1.76 bits per heavy atom. The summed E-state index contributed by atoms with van der Waals surface area (Å²) in [4.78, 5) is 41.0. The van der Waals surface area contributed by atoms with E-state index in [-0.39, 0.29) is 23.8 Å². The van der Waals surface area contributed by atoms with Gasteiger partial charge in [0.15, 0.2) is 0 Å². The van der Waals surface area contributed by atoms with E-state index in [4.69, 9.17) is 0 Å². The lowest BCUT2D eigenvalue weighted by atomic mass is 9.86. The van der Waals surface area contributed by atoms with E-state index >= 15 is 0 Å². The van der Waals surface area contributed by atoms with Gasteiger partial charge in [0.05, 0.1) is 12.0 Å². The Kier molecular flexibility index (Phi) is 6.89. The number of nitrogens with one attached hydrogen (secondary N) is 2. The molecule has 2 atom stereocenters. The molecule has 0 radical (unpaired) electrons. The maximum Gasteiger partial charge on any atom is 0.229 e. The van der Waals surface area contributed by atoms with Crippen LogP contribution >= 0.6 is 11.3 Å². The zero-order chi connectivity index (χ0) is 23.4. The van der Waals surface area contributed by atoms with Gasteiger partial charge in [0, 0.05) is 34.8 Å². The van der Waals surface area contributed by atoms with E-state index in [1.165, 1.54) is 0 Å². The molecule has 0 saturated carbocycles. The van der Waals surface area contributed by atoms with E-state index < -0.39 is 5.92 Å². The minimum absolute atomic E-state index is 0.0191. The normalized spacial score (nSPS) is 18.1. The van der Waals surface area contributed by atoms with Gasteiger partial charge in [-0.2, -0.15) is 0 Å². The molecule has 1 saturated heterocycles. The van der Waals surface area contributed by atoms with Crippen LogP contribution in [0, 0.1) is 12.8 Å². The second kappa shape index (κ2) is 10.0. The molecule has 1 fully saturated rings. The van der Waals surface area contributed by atoms with Crippen LogP contribution in [0.4, 0.5) is 17.1 Å². The van der Waals surface area contributed by atoms with Crippen LogP contribution in [0.15, 0.2) is 66.0 Å². The number of rotatable bonds is 6. The largest absolute Gasteiger partial charge is 0.326 e. The van der Waals surface area contributed by atoms with Crippen LogP contribution in [0.2, 0.25) is 0 Å². The summed E-state index contributed by atoms with van der Waals surface area (Å²) in [5.41, 5.74) is 3.15. The van der Waals surface area contributed by atoms with Crippen LogP contribution in [-0.4, -0.2) is 17.7 Å². The molecular weight excluding hydrogens is 434 g/mol. The van der Waals surface area contributed by atoms with Crippen molar-refractivity contribution >= 4 is 46.1 Å². The maximum absolute atomic E-state index is 13.5. The van der Waals surface area contributed by atoms with Crippen molar-refractivity contribution in [3.8, 4) is 0 Å². The number of carbonyl (C=O) groups excluding carboxylic acids is 3. The Hall–Kier alpha value is -3.45. The summed E-state index contributed by atoms with van der Waals surface area (Å²) in [6.07, 6.45) is 1.16. The van der Waals surface area contributed by atoms with Crippen LogP contribution in [0.1, 0.15) is 42.7 Å². The third kappa shape index (κ3) is 5.14. The van der Waals surface area contributed by atoms with Gasteiger partial charge in [0.2, 0.25) is 17.7 Å². The average Bonchev–Trinajstić information content (AvgIpc) is 3.34. The molecule has 1 aliphatic rings. The summed E-state index contributed by atoms with van der Waals surface area (Å²) < 4.78 is 0. The van der Waals surface area contributed by atoms with Crippen molar-refractivity contribution < 1.29 is 14.4 Å². The summed E-state index contributed by atoms with van der Waals surface area (Å²) in [7, 11) is 0. The molecule has 4 rings (SSSR count). The summed E-state index contributed by atoms with van der Waals surface area (Å²) in [6.45, 7) is 3.79. The molecule has 0 spiro atoms. The number of amides is 3. The zero-order valence-electron chi connectivity index (χ0n) is 18.7. The van der Waals surface area contributed by atoms with Gasteiger partial charge < -0.3 is 15.5 Å². The van der Waals surface area contributed by atoms with Crippen molar-refractivity contribution in [3.05, 3.63) is 76.5 Å². The molecule has 33 heavy (non-hydrogen) atoms. The smallest absolute Gasteiger partial charge is 0.229 e. The van der Waals surface area contributed by atoms with Gasteiger partial charge >= 0.3 is 0 Å². The molecule has 2 unspecified atom stereocenters. The monoisotopic (exact) mass is 461 g/mol. The Balaban J connectivity index is 1.62. The highest BCUT2D eigenvalue weighted by atomic mass is 32.1. The third-order valence-corrected chi connectivity index (χ3v) is 6.76. The molecule has 3 aromatic rings. The lowest BCUT2D eigenvalue weighted by molar-refractivity contribution is -0.126. The van der Waals surface area contributed by atoms with Crippen molar-refractivity contribution in [3.63, 3.8) is 0 Å². The molecule has 1 aromatic heterocycles. The summed E-state index contributed by atoms with van der Waals surface area (Å²) in [6, 6.07) is 18.5. The first-order valence-electron chi connectivity index (χ1n) is 11.1. The summed E-state index contributed by atoms with van der Waals surface area (Å²) in [5, 5.41) is 7.79. The predicted octanol–water partition coefficient (Wildman–Crippen LogP) is 5.53. The molecular formula is C26H27N3O3S. The van der Waals surface area contributed by atoms with Gasteiger partial charge in [-0.1, -0.05) is 36.8 Å². The van der Waals surface area contributed by atoms with Crippen molar-refractivity contribution in [2.24, 2.45) is 5.92 Å². The highest BCUT2D eigenvalue weighted by molar-refractivity contribution is 7.10. The average molecular weight is 462 g/mol. The Morgan fingerprint density at radius 3 is 2.42 bits per heavy atom. The van der Waals surface area contributed by atoms with Crippen molar-refractivity contribution in [2.45, 2.75) is 39.2 Å². The van der Waals surface area contributed by atoms with Crippen LogP contribution in [0.3, 0.4) is 0 Å². The van der Waals surface area contributed by atoms with Crippen LogP contribution < -0.4 is 15.5 Å². The number of hydrogen-bond donors (Lipinski definition) is 2. The Bertz CT molecular complexity index is 1140. The van der Waals surface area contributed by atoms with Crippen LogP contribution in [0.5, 0.6) is 0 Å². The fourth-order valence-corrected chi connectivity index (χ4v) is 5.00. The fourth-order valence-electron chi connectivity index (χ4n) is 4.12. The number of piperidine rings is 1. The van der Waals surface area contributed by atoms with Crippen molar-refractivity contribution in [1.29, 1.82) is 0 Å². The Morgan fingerprint density at radius 1 is 1.03 bits per heavy atom. The first-order valence-corrected chi connectivity index (χ1v) is 12.0. The highest BCUT2D eigenvalue weighted by Crippen LogP contribution is 2.42. The van der Waals surface area contributed by atoms with E-state index in [1.54, 1.807) is 47.4 Å². The molecule has 0 bridgehead atoms. The number of hydrogen-bond acceptors (Lipinski definition) is 4. The Labute approximate surface area is 197 Å². The highest BCUT2D eigenvalue weighted by Gasteiger charge is 2.42. The molecule has 2 N–H and O–H groups in total. The number of thiophene rings is 1. The first kappa shape index (κ1) is 22.7. The van der Waals surface area contributed by atoms with Gasteiger partial charge in [-0.05, 0) is 55.1 Å². The van der Waals surface area contributed by atoms with Crippen molar-refractivity contribution in [2.75, 3.05) is 15.5 Å². The SMILES string of the molecule is CCC(=O)Nc1cccc(NC(=O)C2CCC(=O)N(c3ccc(C)cc3)C2c2cccs2)c1. The molecule has 170 valence electrons. The summed E-state index contributed by atoms with van der Waals surface area (Å²) >= 11 is 1.55. The molecule has 2 aromatic carbocycles. The predicted molar refractivity (Wildman–Crippen MR) is 132 cm³/mol. The van der Waals surface area contributed by atoms with E-state index in [1.807, 2.05) is 48.7 Å². The van der Waals surface area contributed by atoms with Gasteiger partial charge in [-0.25, -0.2) is 0 Å². The van der Waals surface area contributed by atoms with Gasteiger partial charge in [-0.15, -0.1) is 11.3 Å². The number of carbonyl (C=O) groups is 3. The third-order valence-electron chi connectivity index (χ3n) is 5.82. The minimum atomic E-state index is -0.406. The van der Waals surface area contributed by atoms with Gasteiger partial charge in [0.1, 0.15) is 0 Å². The number of nitrogens with zero attached hydrogens (tertiary/aromatic N) is 1. The lowest BCUT2D eigenvalue weighted by Gasteiger charge is -2.40. The number of benzene rings is 2. The van der Waals surface area contributed by atoms with Gasteiger partial charge in [-0.3, -0.25) is 14.4 Å². The number of aryl methyl sites for hydroxylation is 1. The van der Waals surface area contributed by atoms with Gasteiger partial charge in [0.25, 0.3) is 0 Å². The maximum atomic E-state index is 13.5. The second-order valence-electron chi connectivity index (χ2n) is 8.18. The fraction of sp³-hybridized carbons (Fsp3) is 0.269. The molecule has 1 aliphatic heterocycles. The van der Waals surface area contributed by atoms with E-state index in [0.29, 0.717) is 30.6 Å². The molecule has 2 heterocycles. The lowest BCUT2D eigenvalue weighted by Crippen LogP contribution is -2.46. The molecule has 3 amide bonds. The standard InChI is InChI=1S/C26H27N3O3S/c1-3-23(30)27-18-6-4-7-19(16-18)28-26(32)21-13-14-24(31)29(20-11-9-17(2)10-12-20)25(21)22-8-5-15-33-22/h4-12,15-16,21,25H,3,13-14H2,1-2H3,(H,27,30)(H,28,32). The molecule has 0 aliphatic carbocycles. The topological polar surface area (TPSA) is 78.5 Å². The molecule has 6 nitrogen and oxygen atoms in total. The number of anilines is 3.